The molecule has 1 N–H and O–H groups in total. The van der Waals surface area contributed by atoms with Crippen LogP contribution in [0.5, 0.6) is 0 Å². The number of hydrogen-bond acceptors (Lipinski definition) is 5. The maximum atomic E-state index is 11.7. The van der Waals surface area contributed by atoms with E-state index in [2.05, 4.69) is 26.2 Å². The second-order valence-electron chi connectivity index (χ2n) is 4.45. The molecule has 0 amide bonds. The molecule has 0 spiro atoms. The van der Waals surface area contributed by atoms with Crippen LogP contribution >= 0.6 is 15.9 Å². The molecule has 0 aliphatic rings. The summed E-state index contributed by atoms with van der Waals surface area (Å²) in [6.07, 6.45) is 1.13. The summed E-state index contributed by atoms with van der Waals surface area (Å²) in [4.78, 5) is 16.0. The Kier molecular flexibility index (Phi) is 7.54. The predicted octanol–water partition coefficient (Wildman–Crippen LogP) is 3.25. The van der Waals surface area contributed by atoms with Crippen LogP contribution in [0.4, 0.5) is 5.82 Å². The second-order valence-corrected chi connectivity index (χ2v) is 5.30. The average molecular weight is 345 g/mol. The molecule has 0 bridgehead atoms. The monoisotopic (exact) mass is 344 g/mol. The van der Waals surface area contributed by atoms with Gasteiger partial charge in [0.05, 0.1) is 17.2 Å². The minimum absolute atomic E-state index is 0.247. The van der Waals surface area contributed by atoms with Gasteiger partial charge in [0.25, 0.3) is 0 Å². The highest BCUT2D eigenvalue weighted by molar-refractivity contribution is 9.10. The Morgan fingerprint density at radius 1 is 1.45 bits per heavy atom. The quantitative estimate of drug-likeness (QED) is 0.579. The highest BCUT2D eigenvalue weighted by Crippen LogP contribution is 2.18. The van der Waals surface area contributed by atoms with Gasteiger partial charge in [0.15, 0.2) is 5.69 Å². The number of nitrogens with zero attached hydrogens (tertiary/aromatic N) is 1. The van der Waals surface area contributed by atoms with Crippen LogP contribution in [0.1, 0.15) is 37.7 Å². The van der Waals surface area contributed by atoms with Gasteiger partial charge in [0.2, 0.25) is 0 Å². The van der Waals surface area contributed by atoms with Crippen molar-refractivity contribution in [2.45, 2.75) is 33.3 Å². The van der Waals surface area contributed by atoms with E-state index < -0.39 is 5.97 Å². The van der Waals surface area contributed by atoms with Crippen molar-refractivity contribution < 1.29 is 14.3 Å². The molecule has 0 unspecified atom stereocenters. The van der Waals surface area contributed by atoms with E-state index in [1.54, 1.807) is 13.0 Å². The van der Waals surface area contributed by atoms with Crippen LogP contribution in [-0.2, 0) is 9.47 Å². The van der Waals surface area contributed by atoms with Crippen molar-refractivity contribution in [1.82, 2.24) is 4.98 Å². The maximum absolute atomic E-state index is 11.7. The normalized spacial score (nSPS) is 10.7. The highest BCUT2D eigenvalue weighted by Gasteiger charge is 2.13. The Labute approximate surface area is 128 Å². The number of aromatic nitrogens is 1. The van der Waals surface area contributed by atoms with Gasteiger partial charge in [-0.3, -0.25) is 0 Å². The van der Waals surface area contributed by atoms with Gasteiger partial charge in [-0.2, -0.15) is 0 Å². The Hall–Kier alpha value is -1.14. The summed E-state index contributed by atoms with van der Waals surface area (Å²) in [6.45, 7) is 7.56. The van der Waals surface area contributed by atoms with Gasteiger partial charge in [0.1, 0.15) is 5.82 Å². The van der Waals surface area contributed by atoms with E-state index in [1.165, 1.54) is 0 Å². The molecule has 0 aliphatic heterocycles. The lowest BCUT2D eigenvalue weighted by Crippen LogP contribution is -2.12. The topological polar surface area (TPSA) is 60.5 Å². The third kappa shape index (κ3) is 5.88. The number of halogens is 1. The number of hydrogen-bond donors (Lipinski definition) is 1. The van der Waals surface area contributed by atoms with Crippen LogP contribution in [-0.4, -0.2) is 36.8 Å². The minimum Gasteiger partial charge on any atom is -0.461 e. The zero-order valence-electron chi connectivity index (χ0n) is 12.1. The average Bonchev–Trinajstić information content (AvgIpc) is 2.40. The summed E-state index contributed by atoms with van der Waals surface area (Å²) in [7, 11) is 0. The molecule has 1 aromatic heterocycles. The number of rotatable bonds is 8. The first-order chi connectivity index (χ1) is 9.54. The van der Waals surface area contributed by atoms with Crippen molar-refractivity contribution >= 4 is 27.7 Å². The Balaban J connectivity index is 2.50. The molecule has 0 saturated carbocycles. The van der Waals surface area contributed by atoms with E-state index in [9.17, 15) is 4.79 Å². The molecule has 1 heterocycles. The first kappa shape index (κ1) is 16.9. The van der Waals surface area contributed by atoms with Crippen molar-refractivity contribution in [2.75, 3.05) is 25.1 Å². The predicted molar refractivity (Wildman–Crippen MR) is 82.1 cm³/mol. The van der Waals surface area contributed by atoms with Crippen molar-refractivity contribution in [2.24, 2.45) is 0 Å². The standard InChI is InChI=1S/C14H21BrN2O3/c1-4-19-14(18)13-11(15)6-7-12(17-13)16-8-5-9-20-10(2)3/h6-7,10H,4-5,8-9H2,1-3H3,(H,16,17). The van der Waals surface area contributed by atoms with Crippen LogP contribution in [0, 0.1) is 0 Å². The van der Waals surface area contributed by atoms with Gasteiger partial charge in [-0.25, -0.2) is 9.78 Å². The lowest BCUT2D eigenvalue weighted by Gasteiger charge is -2.10. The number of anilines is 1. The number of nitrogens with one attached hydrogen (secondary N) is 1. The van der Waals surface area contributed by atoms with Crippen molar-refractivity contribution in [3.05, 3.63) is 22.3 Å². The molecule has 0 aliphatic carbocycles. The van der Waals surface area contributed by atoms with Crippen LogP contribution in [0.25, 0.3) is 0 Å². The van der Waals surface area contributed by atoms with E-state index in [0.717, 1.165) is 13.0 Å². The summed E-state index contributed by atoms with van der Waals surface area (Å²) in [6, 6.07) is 3.60. The Bertz CT molecular complexity index is 438. The minimum atomic E-state index is -0.425. The van der Waals surface area contributed by atoms with Crippen molar-refractivity contribution in [3.63, 3.8) is 0 Å². The van der Waals surface area contributed by atoms with E-state index in [-0.39, 0.29) is 11.8 Å². The number of ether oxygens (including phenoxy) is 2. The molecule has 1 rings (SSSR count). The maximum Gasteiger partial charge on any atom is 0.358 e. The fraction of sp³-hybridized carbons (Fsp3) is 0.571. The van der Waals surface area contributed by atoms with Gasteiger partial charge < -0.3 is 14.8 Å². The van der Waals surface area contributed by atoms with Crippen LogP contribution in [0.3, 0.4) is 0 Å². The summed E-state index contributed by atoms with van der Waals surface area (Å²) in [5.74, 6) is 0.229. The third-order valence-corrected chi connectivity index (χ3v) is 3.03. The molecular weight excluding hydrogens is 324 g/mol. The van der Waals surface area contributed by atoms with Crippen molar-refractivity contribution in [1.29, 1.82) is 0 Å². The van der Waals surface area contributed by atoms with Gasteiger partial charge >= 0.3 is 5.97 Å². The number of carbonyl (C=O) groups excluding carboxylic acids is 1. The second kappa shape index (κ2) is 8.92. The van der Waals surface area contributed by atoms with Gasteiger partial charge in [0, 0.05) is 13.2 Å². The summed E-state index contributed by atoms with van der Waals surface area (Å²) >= 11 is 3.30. The first-order valence-electron chi connectivity index (χ1n) is 6.73. The molecule has 0 atom stereocenters. The zero-order chi connectivity index (χ0) is 15.0. The van der Waals surface area contributed by atoms with E-state index >= 15 is 0 Å². The van der Waals surface area contributed by atoms with Crippen molar-refractivity contribution in [3.8, 4) is 0 Å². The van der Waals surface area contributed by atoms with Gasteiger partial charge in [-0.05, 0) is 55.3 Å². The molecule has 0 aromatic carbocycles. The van der Waals surface area contributed by atoms with E-state index in [1.807, 2.05) is 19.9 Å². The smallest absolute Gasteiger partial charge is 0.358 e. The lowest BCUT2D eigenvalue weighted by molar-refractivity contribution is 0.0518. The summed E-state index contributed by atoms with van der Waals surface area (Å²) in [5.41, 5.74) is 0.287. The zero-order valence-corrected chi connectivity index (χ0v) is 13.7. The number of pyridine rings is 1. The van der Waals surface area contributed by atoms with E-state index in [4.69, 9.17) is 9.47 Å². The largest absolute Gasteiger partial charge is 0.461 e. The Morgan fingerprint density at radius 3 is 2.85 bits per heavy atom. The molecule has 0 radical (unpaired) electrons. The van der Waals surface area contributed by atoms with Crippen LogP contribution in [0.15, 0.2) is 16.6 Å². The SMILES string of the molecule is CCOC(=O)c1nc(NCCCOC(C)C)ccc1Br. The lowest BCUT2D eigenvalue weighted by atomic mass is 10.3. The third-order valence-electron chi connectivity index (χ3n) is 2.39. The highest BCUT2D eigenvalue weighted by atomic mass is 79.9. The molecule has 1 aromatic rings. The van der Waals surface area contributed by atoms with E-state index in [0.29, 0.717) is 23.5 Å². The first-order valence-corrected chi connectivity index (χ1v) is 7.53. The van der Waals surface area contributed by atoms with Gasteiger partial charge in [-0.1, -0.05) is 0 Å². The molecule has 20 heavy (non-hydrogen) atoms. The molecular formula is C14H21BrN2O3. The number of carbonyl (C=O) groups is 1. The fourth-order valence-corrected chi connectivity index (χ4v) is 1.87. The van der Waals surface area contributed by atoms with Crippen LogP contribution < -0.4 is 5.32 Å². The summed E-state index contributed by atoms with van der Waals surface area (Å²) in [5, 5.41) is 3.16. The molecule has 0 fully saturated rings. The molecule has 112 valence electrons. The van der Waals surface area contributed by atoms with Crippen LogP contribution in [0.2, 0.25) is 0 Å². The molecule has 6 heteroatoms. The summed E-state index contributed by atoms with van der Waals surface area (Å²) < 4.78 is 11.0. The molecule has 5 nitrogen and oxygen atoms in total. The number of esters is 1. The Morgan fingerprint density at radius 2 is 2.20 bits per heavy atom. The molecule has 0 saturated heterocycles. The van der Waals surface area contributed by atoms with Gasteiger partial charge in [-0.15, -0.1) is 0 Å². The fourth-order valence-electron chi connectivity index (χ4n) is 1.49.